The highest BCUT2D eigenvalue weighted by Crippen LogP contribution is 2.33. The summed E-state index contributed by atoms with van der Waals surface area (Å²) >= 11 is 1.59. The molecule has 0 amide bonds. The van der Waals surface area contributed by atoms with Crippen LogP contribution in [-0.2, 0) is 9.53 Å². The quantitative estimate of drug-likeness (QED) is 0.831. The zero-order valence-corrected chi connectivity index (χ0v) is 13.0. The second-order valence-corrected chi connectivity index (χ2v) is 5.66. The number of carbonyl (C=O) groups is 1. The molecular formula is C16H19NO3S. The fourth-order valence-electron chi connectivity index (χ4n) is 1.98. The van der Waals surface area contributed by atoms with Crippen LogP contribution in [0.3, 0.4) is 0 Å². The van der Waals surface area contributed by atoms with Gasteiger partial charge in [0, 0.05) is 15.8 Å². The maximum Gasteiger partial charge on any atom is 0.307 e. The number of thiophene rings is 1. The number of ether oxygens (including phenoxy) is 2. The number of esters is 1. The minimum absolute atomic E-state index is 0.200. The highest BCUT2D eigenvalue weighted by molar-refractivity contribution is 7.15. The first-order valence-electron chi connectivity index (χ1n) is 6.79. The predicted molar refractivity (Wildman–Crippen MR) is 84.5 cm³/mol. The van der Waals surface area contributed by atoms with Gasteiger partial charge in [-0.15, -0.1) is 11.3 Å². The molecule has 0 saturated carbocycles. The van der Waals surface area contributed by atoms with E-state index < -0.39 is 0 Å². The Labute approximate surface area is 128 Å². The summed E-state index contributed by atoms with van der Waals surface area (Å²) in [5.74, 6) is 0.555. The molecule has 4 nitrogen and oxygen atoms in total. The number of rotatable bonds is 6. The number of methoxy groups -OCH3 is 1. The van der Waals surface area contributed by atoms with Crippen molar-refractivity contribution in [3.8, 4) is 16.2 Å². The van der Waals surface area contributed by atoms with Gasteiger partial charge in [-0.2, -0.15) is 0 Å². The number of hydrogen-bond acceptors (Lipinski definition) is 5. The summed E-state index contributed by atoms with van der Waals surface area (Å²) in [6, 6.07) is 11.5. The van der Waals surface area contributed by atoms with Crippen molar-refractivity contribution in [3.05, 3.63) is 41.3 Å². The van der Waals surface area contributed by atoms with E-state index in [1.165, 1.54) is 0 Å². The number of carbonyl (C=O) groups excluding carboxylic acids is 1. The maximum atomic E-state index is 11.5. The van der Waals surface area contributed by atoms with Crippen LogP contribution < -0.4 is 10.5 Å². The molecule has 0 aliphatic heterocycles. The summed E-state index contributed by atoms with van der Waals surface area (Å²) in [5, 5.41) is 0. The van der Waals surface area contributed by atoms with Gasteiger partial charge in [0.1, 0.15) is 5.75 Å². The van der Waals surface area contributed by atoms with E-state index in [9.17, 15) is 4.79 Å². The maximum absolute atomic E-state index is 11.5. The van der Waals surface area contributed by atoms with E-state index in [-0.39, 0.29) is 18.4 Å². The van der Waals surface area contributed by atoms with Gasteiger partial charge in [0.25, 0.3) is 0 Å². The third-order valence-corrected chi connectivity index (χ3v) is 4.30. The van der Waals surface area contributed by atoms with Crippen molar-refractivity contribution >= 4 is 17.3 Å². The lowest BCUT2D eigenvalue weighted by atomic mass is 10.1. The average molecular weight is 305 g/mol. The molecule has 0 aliphatic carbocycles. The minimum Gasteiger partial charge on any atom is -0.497 e. The number of nitrogens with two attached hydrogens (primary N) is 1. The summed E-state index contributed by atoms with van der Waals surface area (Å²) in [5.41, 5.74) is 7.14. The molecule has 1 aromatic carbocycles. The van der Waals surface area contributed by atoms with Crippen molar-refractivity contribution in [1.82, 2.24) is 0 Å². The molecule has 2 aromatic rings. The Bertz CT molecular complexity index is 609. The summed E-state index contributed by atoms with van der Waals surface area (Å²) in [6.07, 6.45) is 0.200. The zero-order chi connectivity index (χ0) is 15.2. The fraction of sp³-hybridized carbons (Fsp3) is 0.312. The predicted octanol–water partition coefficient (Wildman–Crippen LogP) is 3.38. The second-order valence-electron chi connectivity index (χ2n) is 4.55. The van der Waals surface area contributed by atoms with Gasteiger partial charge >= 0.3 is 5.97 Å². The van der Waals surface area contributed by atoms with Gasteiger partial charge in [-0.3, -0.25) is 4.79 Å². The molecule has 1 atom stereocenters. The first-order chi connectivity index (χ1) is 10.1. The average Bonchev–Trinajstić information content (AvgIpc) is 2.97. The summed E-state index contributed by atoms with van der Waals surface area (Å²) < 4.78 is 10.2. The van der Waals surface area contributed by atoms with Gasteiger partial charge in [0.2, 0.25) is 0 Å². The highest BCUT2D eigenvalue weighted by atomic mass is 32.1. The van der Waals surface area contributed by atoms with E-state index in [2.05, 4.69) is 0 Å². The number of benzene rings is 1. The van der Waals surface area contributed by atoms with E-state index in [0.717, 1.165) is 21.1 Å². The molecule has 0 saturated heterocycles. The molecule has 21 heavy (non-hydrogen) atoms. The Hall–Kier alpha value is -1.85. The van der Waals surface area contributed by atoms with E-state index in [0.29, 0.717) is 6.61 Å². The molecule has 0 bridgehead atoms. The van der Waals surface area contributed by atoms with Gasteiger partial charge in [-0.1, -0.05) is 12.1 Å². The van der Waals surface area contributed by atoms with Gasteiger partial charge in [-0.25, -0.2) is 0 Å². The van der Waals surface area contributed by atoms with Crippen molar-refractivity contribution in [2.24, 2.45) is 5.73 Å². The third-order valence-electron chi connectivity index (χ3n) is 3.04. The molecule has 2 rings (SSSR count). The Morgan fingerprint density at radius 1 is 1.33 bits per heavy atom. The summed E-state index contributed by atoms with van der Waals surface area (Å²) in [6.45, 7) is 2.17. The van der Waals surface area contributed by atoms with Crippen LogP contribution in [-0.4, -0.2) is 19.7 Å². The lowest BCUT2D eigenvalue weighted by Crippen LogP contribution is -2.16. The molecule has 1 aromatic heterocycles. The van der Waals surface area contributed by atoms with Crippen LogP contribution in [0.15, 0.2) is 36.4 Å². The molecule has 0 fully saturated rings. The molecule has 2 N–H and O–H groups in total. The number of hydrogen-bond donors (Lipinski definition) is 1. The van der Waals surface area contributed by atoms with Crippen molar-refractivity contribution in [2.75, 3.05) is 13.7 Å². The second kappa shape index (κ2) is 7.24. The fourth-order valence-corrected chi connectivity index (χ4v) is 2.99. The van der Waals surface area contributed by atoms with E-state index in [4.69, 9.17) is 15.2 Å². The molecule has 112 valence electrons. The third kappa shape index (κ3) is 4.06. The lowest BCUT2D eigenvalue weighted by Gasteiger charge is -2.08. The van der Waals surface area contributed by atoms with Gasteiger partial charge in [-0.05, 0) is 36.8 Å². The summed E-state index contributed by atoms with van der Waals surface area (Å²) in [7, 11) is 1.65. The van der Waals surface area contributed by atoms with Crippen LogP contribution in [0.5, 0.6) is 5.75 Å². The molecule has 0 radical (unpaired) electrons. The minimum atomic E-state index is -0.326. The van der Waals surface area contributed by atoms with Crippen molar-refractivity contribution in [2.45, 2.75) is 19.4 Å². The van der Waals surface area contributed by atoms with E-state index >= 15 is 0 Å². The Balaban J connectivity index is 2.11. The topological polar surface area (TPSA) is 61.5 Å². The zero-order valence-electron chi connectivity index (χ0n) is 12.2. The van der Waals surface area contributed by atoms with Crippen LogP contribution in [0.2, 0.25) is 0 Å². The Morgan fingerprint density at radius 3 is 2.86 bits per heavy atom. The Kier molecular flexibility index (Phi) is 5.36. The molecule has 0 unspecified atom stereocenters. The van der Waals surface area contributed by atoms with Crippen LogP contribution in [0.1, 0.15) is 24.3 Å². The smallest absolute Gasteiger partial charge is 0.307 e. The lowest BCUT2D eigenvalue weighted by molar-refractivity contribution is -0.143. The van der Waals surface area contributed by atoms with Crippen molar-refractivity contribution in [3.63, 3.8) is 0 Å². The van der Waals surface area contributed by atoms with Gasteiger partial charge in [0.15, 0.2) is 0 Å². The normalized spacial score (nSPS) is 12.0. The molecule has 5 heteroatoms. The Morgan fingerprint density at radius 2 is 2.14 bits per heavy atom. The molecule has 0 spiro atoms. The first-order valence-corrected chi connectivity index (χ1v) is 7.61. The van der Waals surface area contributed by atoms with Crippen LogP contribution in [0.25, 0.3) is 10.4 Å². The van der Waals surface area contributed by atoms with E-state index in [1.807, 2.05) is 36.4 Å². The van der Waals surface area contributed by atoms with Crippen LogP contribution >= 0.6 is 11.3 Å². The van der Waals surface area contributed by atoms with Crippen molar-refractivity contribution < 1.29 is 14.3 Å². The SMILES string of the molecule is CCOC(=O)C[C@H](N)c1ccc(-c2cccc(OC)c2)s1. The monoisotopic (exact) mass is 305 g/mol. The van der Waals surface area contributed by atoms with Crippen molar-refractivity contribution in [1.29, 1.82) is 0 Å². The summed E-state index contributed by atoms with van der Waals surface area (Å²) in [4.78, 5) is 13.5. The van der Waals surface area contributed by atoms with Gasteiger partial charge < -0.3 is 15.2 Å². The molecular weight excluding hydrogens is 286 g/mol. The standard InChI is InChI=1S/C16H19NO3S/c1-3-20-16(18)10-13(17)15-8-7-14(21-15)11-5-4-6-12(9-11)19-2/h4-9,13H,3,10,17H2,1-2H3/t13-/m0/s1. The van der Waals surface area contributed by atoms with E-state index in [1.54, 1.807) is 25.4 Å². The van der Waals surface area contributed by atoms with Gasteiger partial charge in [0.05, 0.1) is 20.1 Å². The largest absolute Gasteiger partial charge is 0.497 e. The highest BCUT2D eigenvalue weighted by Gasteiger charge is 2.15. The first kappa shape index (κ1) is 15.5. The van der Waals surface area contributed by atoms with Crippen LogP contribution in [0, 0.1) is 0 Å². The molecule has 0 aliphatic rings. The molecule has 1 heterocycles. The van der Waals surface area contributed by atoms with Crippen LogP contribution in [0.4, 0.5) is 0 Å².